The SMILES string of the molecule is Cn1cc(-c2cc(-c3ccc(N4CCN(C(=O)C5(c6ccccc6)CCC5)CC4)nc3)c3c(C#N)cnn3c2)cn1. The number of amides is 1. The van der Waals surface area contributed by atoms with E-state index in [1.807, 2.05) is 61.0 Å². The fourth-order valence-corrected chi connectivity index (χ4v) is 6.24. The van der Waals surface area contributed by atoms with Crippen molar-refractivity contribution in [2.75, 3.05) is 31.1 Å². The Morgan fingerprint density at radius 1 is 0.902 bits per heavy atom. The fraction of sp³-hybridized carbons (Fsp3) is 0.281. The molecule has 4 aromatic heterocycles. The lowest BCUT2D eigenvalue weighted by Gasteiger charge is -2.46. The number of carbonyl (C=O) groups excluding carboxylic acids is 1. The molecule has 0 spiro atoms. The van der Waals surface area contributed by atoms with Crippen molar-refractivity contribution in [2.24, 2.45) is 7.05 Å². The molecule has 2 aliphatic rings. The monoisotopic (exact) mass is 542 g/mol. The van der Waals surface area contributed by atoms with E-state index < -0.39 is 0 Å². The molecule has 0 bridgehead atoms. The number of aromatic nitrogens is 5. The van der Waals surface area contributed by atoms with Crippen molar-refractivity contribution in [3.8, 4) is 28.3 Å². The highest BCUT2D eigenvalue weighted by atomic mass is 16.2. The summed E-state index contributed by atoms with van der Waals surface area (Å²) >= 11 is 0. The predicted molar refractivity (Wildman–Crippen MR) is 156 cm³/mol. The Morgan fingerprint density at radius 3 is 2.34 bits per heavy atom. The standard InChI is InChI=1S/C32H30N8O/c1-37-21-26(20-35-37)24-16-28(30-25(17-33)19-36-40(30)22-24)23-8-9-29(34-18-23)38-12-14-39(15-13-38)31(41)32(10-5-11-32)27-6-3-2-4-7-27/h2-4,6-9,16,18-22H,5,10-15H2,1H3. The van der Waals surface area contributed by atoms with E-state index in [0.717, 1.165) is 71.5 Å². The van der Waals surface area contributed by atoms with Gasteiger partial charge in [-0.15, -0.1) is 0 Å². The fourth-order valence-electron chi connectivity index (χ4n) is 6.24. The van der Waals surface area contributed by atoms with Gasteiger partial charge < -0.3 is 9.80 Å². The van der Waals surface area contributed by atoms with Crippen LogP contribution in [0.15, 0.2) is 79.5 Å². The number of fused-ring (bicyclic) bond motifs is 1. The van der Waals surface area contributed by atoms with Gasteiger partial charge in [0.2, 0.25) is 5.91 Å². The Hall–Kier alpha value is -4.97. The van der Waals surface area contributed by atoms with Crippen LogP contribution in [-0.4, -0.2) is 61.4 Å². The number of nitrogens with zero attached hydrogens (tertiary/aromatic N) is 8. The zero-order valence-electron chi connectivity index (χ0n) is 22.9. The molecule has 2 fully saturated rings. The number of hydrogen-bond acceptors (Lipinski definition) is 6. The van der Waals surface area contributed by atoms with Gasteiger partial charge in [-0.05, 0) is 36.6 Å². The van der Waals surface area contributed by atoms with Crippen LogP contribution in [0.1, 0.15) is 30.4 Å². The summed E-state index contributed by atoms with van der Waals surface area (Å²) in [6.07, 6.45) is 12.1. The smallest absolute Gasteiger partial charge is 0.233 e. The number of hydrogen-bond donors (Lipinski definition) is 0. The van der Waals surface area contributed by atoms with E-state index in [0.29, 0.717) is 18.7 Å². The van der Waals surface area contributed by atoms with Crippen LogP contribution >= 0.6 is 0 Å². The molecule has 1 aliphatic heterocycles. The molecule has 1 saturated heterocycles. The summed E-state index contributed by atoms with van der Waals surface area (Å²) in [7, 11) is 1.89. The van der Waals surface area contributed by atoms with E-state index in [2.05, 4.69) is 45.4 Å². The summed E-state index contributed by atoms with van der Waals surface area (Å²) in [4.78, 5) is 22.8. The number of piperazine rings is 1. The summed E-state index contributed by atoms with van der Waals surface area (Å²) in [5.41, 5.74) is 5.79. The zero-order valence-corrected chi connectivity index (χ0v) is 22.9. The van der Waals surface area contributed by atoms with Gasteiger partial charge in [0.1, 0.15) is 11.9 Å². The summed E-state index contributed by atoms with van der Waals surface area (Å²) in [6, 6.07) is 18.7. The first kappa shape index (κ1) is 25.0. The van der Waals surface area contributed by atoms with E-state index in [1.165, 1.54) is 0 Å². The molecule has 0 N–H and O–H groups in total. The van der Waals surface area contributed by atoms with Crippen molar-refractivity contribution < 1.29 is 4.79 Å². The third-order valence-electron chi connectivity index (χ3n) is 8.66. The lowest BCUT2D eigenvalue weighted by Crippen LogP contribution is -2.56. The molecule has 9 nitrogen and oxygen atoms in total. The van der Waals surface area contributed by atoms with Crippen LogP contribution in [0.5, 0.6) is 0 Å². The maximum Gasteiger partial charge on any atom is 0.233 e. The third-order valence-corrected chi connectivity index (χ3v) is 8.66. The highest BCUT2D eigenvalue weighted by molar-refractivity contribution is 5.90. The molecule has 1 aliphatic carbocycles. The molecule has 5 aromatic rings. The van der Waals surface area contributed by atoms with E-state index in [9.17, 15) is 10.1 Å². The summed E-state index contributed by atoms with van der Waals surface area (Å²) in [6.45, 7) is 2.85. The van der Waals surface area contributed by atoms with Crippen LogP contribution in [0.2, 0.25) is 0 Å². The van der Waals surface area contributed by atoms with Gasteiger partial charge in [0.05, 0.1) is 28.9 Å². The molecule has 0 atom stereocenters. The average molecular weight is 543 g/mol. The van der Waals surface area contributed by atoms with Crippen molar-refractivity contribution in [2.45, 2.75) is 24.7 Å². The van der Waals surface area contributed by atoms with E-state index in [4.69, 9.17) is 4.98 Å². The van der Waals surface area contributed by atoms with E-state index >= 15 is 0 Å². The number of benzene rings is 1. The Bertz CT molecular complexity index is 1770. The Labute approximate surface area is 238 Å². The summed E-state index contributed by atoms with van der Waals surface area (Å²) in [5.74, 6) is 1.15. The molecule has 1 saturated carbocycles. The molecule has 9 heteroatoms. The lowest BCUT2D eigenvalue weighted by molar-refractivity contribution is -0.141. The van der Waals surface area contributed by atoms with Gasteiger partial charge in [-0.25, -0.2) is 9.50 Å². The van der Waals surface area contributed by atoms with E-state index in [1.54, 1.807) is 15.4 Å². The van der Waals surface area contributed by atoms with Gasteiger partial charge in [0.25, 0.3) is 0 Å². The normalized spacial score (nSPS) is 16.4. The molecular formula is C32H30N8O. The maximum absolute atomic E-state index is 13.7. The van der Waals surface area contributed by atoms with Gasteiger partial charge in [-0.3, -0.25) is 9.48 Å². The second kappa shape index (κ2) is 9.89. The van der Waals surface area contributed by atoms with Crippen molar-refractivity contribution in [1.29, 1.82) is 5.26 Å². The first-order chi connectivity index (χ1) is 20.1. The number of aryl methyl sites for hydroxylation is 1. The summed E-state index contributed by atoms with van der Waals surface area (Å²) < 4.78 is 3.52. The van der Waals surface area contributed by atoms with Gasteiger partial charge in [0.15, 0.2) is 0 Å². The highest BCUT2D eigenvalue weighted by Gasteiger charge is 2.47. The van der Waals surface area contributed by atoms with Crippen LogP contribution in [0.4, 0.5) is 5.82 Å². The second-order valence-corrected chi connectivity index (χ2v) is 11.0. The molecule has 0 unspecified atom stereocenters. The minimum atomic E-state index is -0.352. The van der Waals surface area contributed by atoms with Crippen LogP contribution < -0.4 is 4.90 Å². The largest absolute Gasteiger partial charge is 0.353 e. The molecule has 5 heterocycles. The molecule has 0 radical (unpaired) electrons. The summed E-state index contributed by atoms with van der Waals surface area (Å²) in [5, 5.41) is 18.5. The molecule has 204 valence electrons. The van der Waals surface area contributed by atoms with Crippen molar-refractivity contribution >= 4 is 17.2 Å². The highest BCUT2D eigenvalue weighted by Crippen LogP contribution is 2.45. The Balaban J connectivity index is 1.11. The van der Waals surface area contributed by atoms with Gasteiger partial charge >= 0.3 is 0 Å². The van der Waals surface area contributed by atoms with Crippen LogP contribution in [0.3, 0.4) is 0 Å². The maximum atomic E-state index is 13.7. The number of rotatable bonds is 5. The van der Waals surface area contributed by atoms with Crippen molar-refractivity contribution in [3.63, 3.8) is 0 Å². The van der Waals surface area contributed by atoms with Crippen molar-refractivity contribution in [1.82, 2.24) is 29.3 Å². The Kier molecular flexibility index (Phi) is 6.04. The topological polar surface area (TPSA) is 95.3 Å². The zero-order chi connectivity index (χ0) is 28.0. The van der Waals surface area contributed by atoms with Crippen LogP contribution in [0.25, 0.3) is 27.8 Å². The number of pyridine rings is 2. The van der Waals surface area contributed by atoms with Gasteiger partial charge in [-0.1, -0.05) is 36.8 Å². The molecular weight excluding hydrogens is 512 g/mol. The molecule has 7 rings (SSSR count). The molecule has 1 aromatic carbocycles. The van der Waals surface area contributed by atoms with Crippen molar-refractivity contribution in [3.05, 3.63) is 90.6 Å². The minimum Gasteiger partial charge on any atom is -0.353 e. The molecule has 1 amide bonds. The average Bonchev–Trinajstić information content (AvgIpc) is 3.63. The lowest BCUT2D eigenvalue weighted by atomic mass is 9.63. The first-order valence-corrected chi connectivity index (χ1v) is 14.0. The quantitative estimate of drug-likeness (QED) is 0.326. The van der Waals surface area contributed by atoms with Crippen LogP contribution in [0, 0.1) is 11.3 Å². The first-order valence-electron chi connectivity index (χ1n) is 14.0. The Morgan fingerprint density at radius 2 is 1.71 bits per heavy atom. The predicted octanol–water partition coefficient (Wildman–Crippen LogP) is 4.44. The van der Waals surface area contributed by atoms with E-state index in [-0.39, 0.29) is 11.3 Å². The number of carbonyl (C=O) groups is 1. The third kappa shape index (κ3) is 4.23. The molecule has 41 heavy (non-hydrogen) atoms. The number of nitriles is 1. The minimum absolute atomic E-state index is 0.268. The second-order valence-electron chi connectivity index (χ2n) is 11.0. The van der Waals surface area contributed by atoms with Crippen LogP contribution in [-0.2, 0) is 17.3 Å². The van der Waals surface area contributed by atoms with Gasteiger partial charge in [0, 0.05) is 74.1 Å². The van der Waals surface area contributed by atoms with Gasteiger partial charge in [-0.2, -0.15) is 15.5 Å². The number of anilines is 1.